The Morgan fingerprint density at radius 1 is 1.36 bits per heavy atom. The van der Waals surface area contributed by atoms with E-state index in [-0.39, 0.29) is 19.1 Å². The zero-order chi connectivity index (χ0) is 16.0. The average molecular weight is 320 g/mol. The maximum absolute atomic E-state index is 12.1. The molecule has 0 radical (unpaired) electrons. The van der Waals surface area contributed by atoms with Gasteiger partial charge in [-0.25, -0.2) is 4.98 Å². The number of aliphatic hydroxyl groups excluding tert-OH is 1. The van der Waals surface area contributed by atoms with Crippen LogP contribution in [0, 0.1) is 0 Å². The quantitative estimate of drug-likeness (QED) is 0.729. The molecule has 0 saturated heterocycles. The van der Waals surface area contributed by atoms with Crippen molar-refractivity contribution in [3.8, 4) is 10.6 Å². The molecule has 0 aliphatic rings. The van der Waals surface area contributed by atoms with E-state index in [2.05, 4.69) is 10.3 Å². The van der Waals surface area contributed by atoms with Crippen molar-refractivity contribution in [3.63, 3.8) is 0 Å². The number of hydrogen-bond acceptors (Lipinski definition) is 5. The van der Waals surface area contributed by atoms with E-state index >= 15 is 0 Å². The largest absolute Gasteiger partial charge is 0.396 e. The number of rotatable bonds is 7. The molecule has 0 aliphatic carbocycles. The molecule has 22 heavy (non-hydrogen) atoms. The first kappa shape index (κ1) is 16.6. The van der Waals surface area contributed by atoms with Crippen molar-refractivity contribution in [1.29, 1.82) is 0 Å². The number of benzene rings is 1. The molecule has 6 heteroatoms. The number of thiazole rings is 1. The summed E-state index contributed by atoms with van der Waals surface area (Å²) in [5.41, 5.74) is 0.499. The Bertz CT molecular complexity index is 594. The van der Waals surface area contributed by atoms with Crippen LogP contribution < -0.4 is 5.32 Å². The molecule has 1 aromatic heterocycles. The Morgan fingerprint density at radius 3 is 2.68 bits per heavy atom. The Balaban J connectivity index is 1.93. The highest BCUT2D eigenvalue weighted by Gasteiger charge is 2.20. The van der Waals surface area contributed by atoms with E-state index in [1.54, 1.807) is 36.6 Å². The third-order valence-corrected chi connectivity index (χ3v) is 4.15. The molecular weight excluding hydrogens is 300 g/mol. The van der Waals surface area contributed by atoms with Crippen molar-refractivity contribution < 1.29 is 15.0 Å². The van der Waals surface area contributed by atoms with Crippen molar-refractivity contribution in [2.45, 2.75) is 25.4 Å². The number of aliphatic hydroxyl groups is 2. The lowest BCUT2D eigenvalue weighted by Gasteiger charge is -2.23. The maximum atomic E-state index is 12.1. The normalized spacial score (nSPS) is 13.6. The van der Waals surface area contributed by atoms with Crippen LogP contribution in [0.5, 0.6) is 0 Å². The van der Waals surface area contributed by atoms with E-state index in [0.717, 1.165) is 10.6 Å². The number of aromatic nitrogens is 1. The topological polar surface area (TPSA) is 82.5 Å². The third-order valence-electron chi connectivity index (χ3n) is 3.33. The molecule has 0 fully saturated rings. The van der Waals surface area contributed by atoms with Gasteiger partial charge in [0.25, 0.3) is 5.91 Å². The van der Waals surface area contributed by atoms with Gasteiger partial charge in [-0.15, -0.1) is 11.3 Å². The monoisotopic (exact) mass is 320 g/mol. The summed E-state index contributed by atoms with van der Waals surface area (Å²) in [6.45, 7) is 1.83. The molecule has 0 bridgehead atoms. The highest BCUT2D eigenvalue weighted by Crippen LogP contribution is 2.21. The van der Waals surface area contributed by atoms with Crippen molar-refractivity contribution in [2.24, 2.45) is 0 Å². The van der Waals surface area contributed by atoms with Gasteiger partial charge in [0, 0.05) is 35.9 Å². The van der Waals surface area contributed by atoms with Gasteiger partial charge in [-0.1, -0.05) is 12.1 Å². The Morgan fingerprint density at radius 2 is 2.09 bits per heavy atom. The average Bonchev–Trinajstić information content (AvgIpc) is 3.05. The van der Waals surface area contributed by atoms with Gasteiger partial charge in [-0.3, -0.25) is 4.79 Å². The molecule has 1 heterocycles. The second-order valence-electron chi connectivity index (χ2n) is 5.42. The zero-order valence-electron chi connectivity index (χ0n) is 12.5. The van der Waals surface area contributed by atoms with Crippen LogP contribution in [-0.2, 0) is 0 Å². The molecule has 5 nitrogen and oxygen atoms in total. The lowest BCUT2D eigenvalue weighted by molar-refractivity contribution is 0.0415. The standard InChI is InChI=1S/C16H20N2O3S/c1-16(21,7-2-9-19)11-18-14(20)12-3-5-13(6-4-12)15-17-8-10-22-15/h3-6,8,10,19,21H,2,7,9,11H2,1H3,(H,18,20). The van der Waals surface area contributed by atoms with Gasteiger partial charge in [0.1, 0.15) is 5.01 Å². The van der Waals surface area contributed by atoms with Gasteiger partial charge >= 0.3 is 0 Å². The maximum Gasteiger partial charge on any atom is 0.251 e. The second-order valence-corrected chi connectivity index (χ2v) is 6.32. The molecule has 0 aliphatic heterocycles. The van der Waals surface area contributed by atoms with Gasteiger partial charge in [0.2, 0.25) is 0 Å². The summed E-state index contributed by atoms with van der Waals surface area (Å²) in [7, 11) is 0. The fourth-order valence-electron chi connectivity index (χ4n) is 2.05. The van der Waals surface area contributed by atoms with E-state index in [1.807, 2.05) is 17.5 Å². The van der Waals surface area contributed by atoms with Gasteiger partial charge in [0.15, 0.2) is 0 Å². The van der Waals surface area contributed by atoms with E-state index in [1.165, 1.54) is 0 Å². The predicted molar refractivity (Wildman–Crippen MR) is 86.8 cm³/mol. The first-order valence-electron chi connectivity index (χ1n) is 7.13. The highest BCUT2D eigenvalue weighted by atomic mass is 32.1. The van der Waals surface area contributed by atoms with Crippen LogP contribution >= 0.6 is 11.3 Å². The van der Waals surface area contributed by atoms with Gasteiger partial charge in [0.05, 0.1) is 5.60 Å². The van der Waals surface area contributed by atoms with Crippen molar-refractivity contribution in [2.75, 3.05) is 13.2 Å². The second kappa shape index (κ2) is 7.49. The molecule has 118 valence electrons. The van der Waals surface area contributed by atoms with Crippen molar-refractivity contribution in [1.82, 2.24) is 10.3 Å². The van der Waals surface area contributed by atoms with Crippen LogP contribution in [0.25, 0.3) is 10.6 Å². The van der Waals surface area contributed by atoms with Gasteiger partial charge in [-0.2, -0.15) is 0 Å². The lowest BCUT2D eigenvalue weighted by Crippen LogP contribution is -2.40. The fraction of sp³-hybridized carbons (Fsp3) is 0.375. The highest BCUT2D eigenvalue weighted by molar-refractivity contribution is 7.13. The molecule has 1 atom stereocenters. The van der Waals surface area contributed by atoms with Crippen LogP contribution in [0.15, 0.2) is 35.8 Å². The Kier molecular flexibility index (Phi) is 5.65. The van der Waals surface area contributed by atoms with E-state index < -0.39 is 5.60 Å². The predicted octanol–water partition coefficient (Wildman–Crippen LogP) is 2.06. The molecule has 0 spiro atoms. The number of amides is 1. The molecule has 2 aromatic rings. The molecule has 3 N–H and O–H groups in total. The molecular formula is C16H20N2O3S. The minimum atomic E-state index is -1.01. The first-order chi connectivity index (χ1) is 10.5. The summed E-state index contributed by atoms with van der Waals surface area (Å²) in [5.74, 6) is -0.227. The SMILES string of the molecule is CC(O)(CCCO)CNC(=O)c1ccc(-c2nccs2)cc1. The van der Waals surface area contributed by atoms with Crippen molar-refractivity contribution in [3.05, 3.63) is 41.4 Å². The summed E-state index contributed by atoms with van der Waals surface area (Å²) >= 11 is 1.55. The summed E-state index contributed by atoms with van der Waals surface area (Å²) < 4.78 is 0. The summed E-state index contributed by atoms with van der Waals surface area (Å²) in [6.07, 6.45) is 2.69. The van der Waals surface area contributed by atoms with Crippen LogP contribution in [0.1, 0.15) is 30.1 Å². The van der Waals surface area contributed by atoms with Gasteiger partial charge < -0.3 is 15.5 Å². The van der Waals surface area contributed by atoms with Crippen LogP contribution in [0.4, 0.5) is 0 Å². The Labute approximate surface area is 133 Å². The van der Waals surface area contributed by atoms with Crippen LogP contribution in [0.2, 0.25) is 0 Å². The van der Waals surface area contributed by atoms with E-state index in [4.69, 9.17) is 5.11 Å². The smallest absolute Gasteiger partial charge is 0.251 e. The molecule has 1 aromatic carbocycles. The van der Waals surface area contributed by atoms with Crippen LogP contribution in [0.3, 0.4) is 0 Å². The van der Waals surface area contributed by atoms with Crippen molar-refractivity contribution >= 4 is 17.2 Å². The third kappa shape index (κ3) is 4.62. The molecule has 0 saturated carbocycles. The summed E-state index contributed by atoms with van der Waals surface area (Å²) in [6, 6.07) is 7.21. The minimum Gasteiger partial charge on any atom is -0.396 e. The molecule has 2 rings (SSSR count). The molecule has 1 amide bonds. The fourth-order valence-corrected chi connectivity index (χ4v) is 2.70. The summed E-state index contributed by atoms with van der Waals surface area (Å²) in [4.78, 5) is 16.3. The molecule has 1 unspecified atom stereocenters. The van der Waals surface area contributed by atoms with Gasteiger partial charge in [-0.05, 0) is 31.9 Å². The Hall–Kier alpha value is -1.76. The summed E-state index contributed by atoms with van der Waals surface area (Å²) in [5, 5.41) is 24.4. The lowest BCUT2D eigenvalue weighted by atomic mass is 10.0. The minimum absolute atomic E-state index is 0.0301. The van der Waals surface area contributed by atoms with E-state index in [0.29, 0.717) is 18.4 Å². The number of carbonyl (C=O) groups excluding carboxylic acids is 1. The number of hydrogen-bond donors (Lipinski definition) is 3. The van der Waals surface area contributed by atoms with E-state index in [9.17, 15) is 9.90 Å². The number of nitrogens with one attached hydrogen (secondary N) is 1. The van der Waals surface area contributed by atoms with Crippen LogP contribution in [-0.4, -0.2) is 39.9 Å². The number of carbonyl (C=O) groups is 1. The zero-order valence-corrected chi connectivity index (χ0v) is 13.3. The number of nitrogens with zero attached hydrogens (tertiary/aromatic N) is 1. The first-order valence-corrected chi connectivity index (χ1v) is 8.01.